The Morgan fingerprint density at radius 3 is 2.57 bits per heavy atom. The van der Waals surface area contributed by atoms with Gasteiger partial charge in [-0.1, -0.05) is 19.1 Å². The van der Waals surface area contributed by atoms with Crippen molar-refractivity contribution in [3.63, 3.8) is 0 Å². The van der Waals surface area contributed by atoms with E-state index in [4.69, 9.17) is 4.74 Å². The molecule has 0 aliphatic heterocycles. The van der Waals surface area contributed by atoms with Crippen LogP contribution in [0.5, 0.6) is 0 Å². The fourth-order valence-electron chi connectivity index (χ4n) is 1.93. The monoisotopic (exact) mass is 314 g/mol. The summed E-state index contributed by atoms with van der Waals surface area (Å²) in [6.45, 7) is 9.34. The Labute approximate surface area is 128 Å². The van der Waals surface area contributed by atoms with Crippen LogP contribution in [0.25, 0.3) is 0 Å². The van der Waals surface area contributed by atoms with E-state index >= 15 is 0 Å². The predicted octanol–water partition coefficient (Wildman–Crippen LogP) is 2.06. The number of hydrogen-bond acceptors (Lipinski definition) is 4. The molecule has 1 unspecified atom stereocenters. The molecule has 0 aliphatic rings. The summed E-state index contributed by atoms with van der Waals surface area (Å²) in [6.07, 6.45) is 0.0961. The van der Waals surface area contributed by atoms with Gasteiger partial charge in [-0.25, -0.2) is 13.1 Å². The van der Waals surface area contributed by atoms with Crippen molar-refractivity contribution < 1.29 is 13.2 Å². The van der Waals surface area contributed by atoms with Gasteiger partial charge in [0.1, 0.15) is 0 Å². The molecule has 5 nitrogen and oxygen atoms in total. The van der Waals surface area contributed by atoms with Gasteiger partial charge in [-0.15, -0.1) is 0 Å². The van der Waals surface area contributed by atoms with E-state index in [1.807, 2.05) is 33.8 Å². The van der Waals surface area contributed by atoms with E-state index in [1.54, 1.807) is 18.2 Å². The second-order valence-corrected chi connectivity index (χ2v) is 6.94. The van der Waals surface area contributed by atoms with Crippen LogP contribution in [-0.2, 0) is 14.8 Å². The molecule has 0 amide bonds. The van der Waals surface area contributed by atoms with Crippen LogP contribution in [0, 0.1) is 0 Å². The lowest BCUT2D eigenvalue weighted by molar-refractivity contribution is 0.0834. The molecule has 0 fully saturated rings. The summed E-state index contributed by atoms with van der Waals surface area (Å²) in [5.41, 5.74) is 0.957. The van der Waals surface area contributed by atoms with Gasteiger partial charge in [0.25, 0.3) is 0 Å². The smallest absolute Gasteiger partial charge is 0.240 e. The van der Waals surface area contributed by atoms with Gasteiger partial charge in [-0.3, -0.25) is 0 Å². The minimum absolute atomic E-state index is 0.0961. The fourth-order valence-corrected chi connectivity index (χ4v) is 3.00. The molecule has 0 bridgehead atoms. The summed E-state index contributed by atoms with van der Waals surface area (Å²) in [7, 11) is -3.49. The molecule has 0 spiro atoms. The number of sulfonamides is 1. The Bertz CT molecular complexity index is 529. The standard InChI is InChI=1S/C15H26N2O3S/c1-5-16-13(4)14-7-6-8-15(11-14)21(18,19)17-9-10-20-12(2)3/h6-8,11-13,16-17H,5,9-10H2,1-4H3. The highest BCUT2D eigenvalue weighted by molar-refractivity contribution is 7.89. The van der Waals surface area contributed by atoms with Crippen molar-refractivity contribution in [1.82, 2.24) is 10.0 Å². The van der Waals surface area contributed by atoms with Crippen LogP contribution in [0.1, 0.15) is 39.3 Å². The van der Waals surface area contributed by atoms with Crippen molar-refractivity contribution in [2.24, 2.45) is 0 Å². The summed E-state index contributed by atoms with van der Waals surface area (Å²) >= 11 is 0. The van der Waals surface area contributed by atoms with E-state index in [1.165, 1.54) is 0 Å². The Balaban J connectivity index is 2.72. The normalized spacial score (nSPS) is 13.6. The maximum atomic E-state index is 12.2. The highest BCUT2D eigenvalue weighted by Gasteiger charge is 2.15. The summed E-state index contributed by atoms with van der Waals surface area (Å²) < 4.78 is 32.3. The zero-order chi connectivity index (χ0) is 15.9. The van der Waals surface area contributed by atoms with Gasteiger partial charge < -0.3 is 10.1 Å². The van der Waals surface area contributed by atoms with E-state index in [2.05, 4.69) is 10.0 Å². The summed E-state index contributed by atoms with van der Waals surface area (Å²) in [5.74, 6) is 0. The Morgan fingerprint density at radius 1 is 1.24 bits per heavy atom. The Hall–Kier alpha value is -0.950. The molecule has 1 aromatic rings. The van der Waals surface area contributed by atoms with Crippen LogP contribution in [0.3, 0.4) is 0 Å². The lowest BCUT2D eigenvalue weighted by Crippen LogP contribution is -2.28. The van der Waals surface area contributed by atoms with Crippen molar-refractivity contribution >= 4 is 10.0 Å². The fraction of sp³-hybridized carbons (Fsp3) is 0.600. The molecular formula is C15H26N2O3S. The second kappa shape index (κ2) is 8.48. The van der Waals surface area contributed by atoms with E-state index in [0.717, 1.165) is 12.1 Å². The first kappa shape index (κ1) is 18.1. The summed E-state index contributed by atoms with van der Waals surface area (Å²) in [4.78, 5) is 0.286. The molecule has 0 aromatic heterocycles. The van der Waals surface area contributed by atoms with Gasteiger partial charge >= 0.3 is 0 Å². The first-order chi connectivity index (χ1) is 9.86. The highest BCUT2D eigenvalue weighted by Crippen LogP contribution is 2.17. The van der Waals surface area contributed by atoms with Crippen LogP contribution in [0.4, 0.5) is 0 Å². The predicted molar refractivity (Wildman–Crippen MR) is 84.8 cm³/mol. The van der Waals surface area contributed by atoms with Crippen LogP contribution < -0.4 is 10.0 Å². The van der Waals surface area contributed by atoms with Crippen molar-refractivity contribution in [3.05, 3.63) is 29.8 Å². The number of ether oxygens (including phenoxy) is 1. The van der Waals surface area contributed by atoms with E-state index in [0.29, 0.717) is 6.61 Å². The lowest BCUT2D eigenvalue weighted by atomic mass is 10.1. The SMILES string of the molecule is CCNC(C)c1cccc(S(=O)(=O)NCCOC(C)C)c1. The maximum absolute atomic E-state index is 12.2. The van der Waals surface area contributed by atoms with E-state index in [-0.39, 0.29) is 23.6 Å². The van der Waals surface area contributed by atoms with Crippen molar-refractivity contribution in [1.29, 1.82) is 0 Å². The zero-order valence-electron chi connectivity index (χ0n) is 13.2. The lowest BCUT2D eigenvalue weighted by Gasteiger charge is -2.14. The van der Waals surface area contributed by atoms with Gasteiger partial charge in [0.15, 0.2) is 0 Å². The number of nitrogens with one attached hydrogen (secondary N) is 2. The second-order valence-electron chi connectivity index (χ2n) is 5.17. The molecule has 120 valence electrons. The summed E-state index contributed by atoms with van der Waals surface area (Å²) in [5, 5.41) is 3.27. The molecular weight excluding hydrogens is 288 g/mol. The third kappa shape index (κ3) is 6.13. The zero-order valence-corrected chi connectivity index (χ0v) is 14.0. The Kier molecular flexibility index (Phi) is 7.31. The van der Waals surface area contributed by atoms with Crippen LogP contribution in [-0.4, -0.2) is 34.2 Å². The molecule has 1 atom stereocenters. The van der Waals surface area contributed by atoms with Gasteiger partial charge in [0, 0.05) is 12.6 Å². The molecule has 0 radical (unpaired) electrons. The third-order valence-electron chi connectivity index (χ3n) is 3.02. The topological polar surface area (TPSA) is 67.4 Å². The molecule has 1 aromatic carbocycles. The Morgan fingerprint density at radius 2 is 1.95 bits per heavy atom. The van der Waals surface area contributed by atoms with Crippen molar-refractivity contribution in [2.45, 2.75) is 44.7 Å². The molecule has 21 heavy (non-hydrogen) atoms. The largest absolute Gasteiger partial charge is 0.377 e. The maximum Gasteiger partial charge on any atom is 0.240 e. The van der Waals surface area contributed by atoms with Gasteiger partial charge in [0.05, 0.1) is 17.6 Å². The molecule has 6 heteroatoms. The van der Waals surface area contributed by atoms with Gasteiger partial charge in [-0.2, -0.15) is 0 Å². The number of benzene rings is 1. The van der Waals surface area contributed by atoms with E-state index in [9.17, 15) is 8.42 Å². The van der Waals surface area contributed by atoms with Crippen molar-refractivity contribution in [3.8, 4) is 0 Å². The average Bonchev–Trinajstić information content (AvgIpc) is 2.44. The quantitative estimate of drug-likeness (QED) is 0.685. The molecule has 2 N–H and O–H groups in total. The van der Waals surface area contributed by atoms with Crippen LogP contribution in [0.2, 0.25) is 0 Å². The molecule has 0 heterocycles. The average molecular weight is 314 g/mol. The molecule has 0 aliphatic carbocycles. The molecule has 1 rings (SSSR count). The van der Waals surface area contributed by atoms with Crippen LogP contribution in [0.15, 0.2) is 29.2 Å². The van der Waals surface area contributed by atoms with Gasteiger partial charge in [-0.05, 0) is 45.0 Å². The summed E-state index contributed by atoms with van der Waals surface area (Å²) in [6, 6.07) is 7.12. The minimum atomic E-state index is -3.49. The van der Waals surface area contributed by atoms with E-state index < -0.39 is 10.0 Å². The number of rotatable bonds is 9. The minimum Gasteiger partial charge on any atom is -0.377 e. The number of hydrogen-bond donors (Lipinski definition) is 2. The molecule has 0 saturated carbocycles. The third-order valence-corrected chi connectivity index (χ3v) is 4.48. The van der Waals surface area contributed by atoms with Gasteiger partial charge in [0.2, 0.25) is 10.0 Å². The van der Waals surface area contributed by atoms with Crippen LogP contribution >= 0.6 is 0 Å². The first-order valence-electron chi connectivity index (χ1n) is 7.31. The molecule has 0 saturated heterocycles. The van der Waals surface area contributed by atoms with Crippen molar-refractivity contribution in [2.75, 3.05) is 19.7 Å². The highest BCUT2D eigenvalue weighted by atomic mass is 32.2. The first-order valence-corrected chi connectivity index (χ1v) is 8.79.